The van der Waals surface area contributed by atoms with Crippen molar-refractivity contribution in [1.82, 2.24) is 0 Å². The van der Waals surface area contributed by atoms with Crippen LogP contribution in [0.2, 0.25) is 0 Å². The first-order valence-electron chi connectivity index (χ1n) is 9.79. The van der Waals surface area contributed by atoms with E-state index < -0.39 is 0 Å². The number of rotatable bonds is 4. The zero-order valence-corrected chi connectivity index (χ0v) is 15.9. The average molecular weight is 341 g/mol. The molecule has 0 aromatic heterocycles. The summed E-state index contributed by atoms with van der Waals surface area (Å²) in [5, 5.41) is 9.12. The first-order chi connectivity index (χ1) is 11.9. The standard InChI is InChI=1S/C22H31NO2/c1-21(11-5-7-16(21)10-13-23)15-20(25-3)19-8-4-6-17-14-18(24)9-12-22(17,19)2/h10,14,19-20H,4-9,11-12,15H2,1-3H3. The summed E-state index contributed by atoms with van der Waals surface area (Å²) in [5.41, 5.74) is 2.83. The van der Waals surface area contributed by atoms with Gasteiger partial charge in [-0.15, -0.1) is 0 Å². The number of ether oxygens (including phenoxy) is 1. The second kappa shape index (κ2) is 7.08. The summed E-state index contributed by atoms with van der Waals surface area (Å²) in [6.07, 6.45) is 13.2. The van der Waals surface area contributed by atoms with Crippen molar-refractivity contribution < 1.29 is 9.53 Å². The molecule has 0 spiro atoms. The van der Waals surface area contributed by atoms with E-state index >= 15 is 0 Å². The van der Waals surface area contributed by atoms with Gasteiger partial charge in [0.2, 0.25) is 0 Å². The lowest BCUT2D eigenvalue weighted by atomic mass is 9.57. The van der Waals surface area contributed by atoms with E-state index in [0.29, 0.717) is 18.1 Å². The van der Waals surface area contributed by atoms with Gasteiger partial charge in [-0.25, -0.2) is 0 Å². The Bertz CT molecular complexity index is 641. The molecule has 136 valence electrons. The first-order valence-corrected chi connectivity index (χ1v) is 9.79. The smallest absolute Gasteiger partial charge is 0.155 e. The second-order valence-electron chi connectivity index (χ2n) is 8.74. The topological polar surface area (TPSA) is 50.1 Å². The van der Waals surface area contributed by atoms with Gasteiger partial charge in [-0.3, -0.25) is 4.79 Å². The third-order valence-electron chi connectivity index (χ3n) is 7.33. The molecule has 4 atom stereocenters. The zero-order chi connectivity index (χ0) is 18.1. The Morgan fingerprint density at radius 2 is 2.12 bits per heavy atom. The summed E-state index contributed by atoms with van der Waals surface area (Å²) in [5.74, 6) is 0.760. The normalized spacial score (nSPS) is 38.2. The Morgan fingerprint density at radius 3 is 2.84 bits per heavy atom. The van der Waals surface area contributed by atoms with Crippen molar-refractivity contribution in [2.75, 3.05) is 7.11 Å². The van der Waals surface area contributed by atoms with Crippen LogP contribution in [0.4, 0.5) is 0 Å². The molecule has 4 unspecified atom stereocenters. The van der Waals surface area contributed by atoms with Crippen LogP contribution in [0.25, 0.3) is 0 Å². The van der Waals surface area contributed by atoms with Crippen LogP contribution in [0, 0.1) is 28.1 Å². The summed E-state index contributed by atoms with van der Waals surface area (Å²) in [7, 11) is 1.84. The molecule has 0 N–H and O–H groups in total. The number of allylic oxidation sites excluding steroid dienone is 4. The van der Waals surface area contributed by atoms with Crippen molar-refractivity contribution in [2.45, 2.75) is 77.7 Å². The zero-order valence-electron chi connectivity index (χ0n) is 15.9. The summed E-state index contributed by atoms with van der Waals surface area (Å²) in [6, 6.07) is 2.24. The van der Waals surface area contributed by atoms with E-state index in [1.54, 1.807) is 6.08 Å². The molecule has 0 amide bonds. The molecule has 3 aliphatic rings. The van der Waals surface area contributed by atoms with Crippen molar-refractivity contribution in [2.24, 2.45) is 16.7 Å². The number of nitriles is 1. The number of hydrogen-bond donors (Lipinski definition) is 0. The third-order valence-corrected chi connectivity index (χ3v) is 7.33. The molecule has 3 nitrogen and oxygen atoms in total. The maximum atomic E-state index is 11.9. The number of ketones is 1. The maximum absolute atomic E-state index is 11.9. The van der Waals surface area contributed by atoms with Crippen LogP contribution in [0.1, 0.15) is 71.6 Å². The maximum Gasteiger partial charge on any atom is 0.155 e. The monoisotopic (exact) mass is 341 g/mol. The minimum atomic E-state index is 0.0819. The first kappa shape index (κ1) is 18.4. The van der Waals surface area contributed by atoms with Gasteiger partial charge in [0.25, 0.3) is 0 Å². The number of methoxy groups -OCH3 is 1. The fourth-order valence-corrected chi connectivity index (χ4v) is 5.71. The van der Waals surface area contributed by atoms with Gasteiger partial charge in [0.15, 0.2) is 5.78 Å². The predicted molar refractivity (Wildman–Crippen MR) is 98.8 cm³/mol. The van der Waals surface area contributed by atoms with Crippen molar-refractivity contribution >= 4 is 5.78 Å². The molecule has 3 aliphatic carbocycles. The van der Waals surface area contributed by atoms with E-state index in [4.69, 9.17) is 10.00 Å². The van der Waals surface area contributed by atoms with E-state index in [9.17, 15) is 4.79 Å². The van der Waals surface area contributed by atoms with Crippen LogP contribution >= 0.6 is 0 Å². The molecular formula is C22H31NO2. The van der Waals surface area contributed by atoms with E-state index in [0.717, 1.165) is 38.5 Å². The van der Waals surface area contributed by atoms with Crippen LogP contribution in [0.5, 0.6) is 0 Å². The van der Waals surface area contributed by atoms with Gasteiger partial charge < -0.3 is 4.74 Å². The molecular weight excluding hydrogens is 310 g/mol. The number of nitrogens with zero attached hydrogens (tertiary/aromatic N) is 1. The average Bonchev–Trinajstić information content (AvgIpc) is 2.94. The lowest BCUT2D eigenvalue weighted by Gasteiger charge is -2.49. The number of fused-ring (bicyclic) bond motifs is 1. The SMILES string of the molecule is COC(CC1(C)CCCC1=CC#N)C1CCCC2=CC(=O)CCC21C. The Labute approximate surface area is 152 Å². The quantitative estimate of drug-likeness (QED) is 0.666. The lowest BCUT2D eigenvalue weighted by Crippen LogP contribution is -2.44. The fourth-order valence-electron chi connectivity index (χ4n) is 5.71. The van der Waals surface area contributed by atoms with Gasteiger partial charge in [0, 0.05) is 19.6 Å². The third kappa shape index (κ3) is 3.34. The van der Waals surface area contributed by atoms with Crippen LogP contribution in [0.15, 0.2) is 23.3 Å². The van der Waals surface area contributed by atoms with Gasteiger partial charge in [-0.1, -0.05) is 25.0 Å². The van der Waals surface area contributed by atoms with E-state index in [1.807, 2.05) is 13.2 Å². The Hall–Kier alpha value is -1.40. The molecule has 0 aliphatic heterocycles. The van der Waals surface area contributed by atoms with Crippen molar-refractivity contribution in [3.05, 3.63) is 23.3 Å². The highest BCUT2D eigenvalue weighted by Gasteiger charge is 2.48. The summed E-state index contributed by atoms with van der Waals surface area (Å²) < 4.78 is 6.06. The van der Waals surface area contributed by atoms with E-state index in [-0.39, 0.29) is 16.9 Å². The van der Waals surface area contributed by atoms with E-state index in [1.165, 1.54) is 24.0 Å². The predicted octanol–water partition coefficient (Wildman–Crippen LogP) is 5.13. The van der Waals surface area contributed by atoms with Gasteiger partial charge >= 0.3 is 0 Å². The molecule has 0 heterocycles. The number of carbonyl (C=O) groups is 1. The number of hydrogen-bond acceptors (Lipinski definition) is 3. The van der Waals surface area contributed by atoms with Crippen LogP contribution < -0.4 is 0 Å². The molecule has 3 rings (SSSR count). The fraction of sp³-hybridized carbons (Fsp3) is 0.727. The largest absolute Gasteiger partial charge is 0.381 e. The van der Waals surface area contributed by atoms with Gasteiger partial charge in [0.1, 0.15) is 0 Å². The van der Waals surface area contributed by atoms with Crippen molar-refractivity contribution in [3.8, 4) is 6.07 Å². The minimum Gasteiger partial charge on any atom is -0.381 e. The summed E-state index contributed by atoms with van der Waals surface area (Å²) in [4.78, 5) is 11.9. The van der Waals surface area contributed by atoms with Gasteiger partial charge in [-0.05, 0) is 74.2 Å². The summed E-state index contributed by atoms with van der Waals surface area (Å²) >= 11 is 0. The second-order valence-corrected chi connectivity index (χ2v) is 8.74. The van der Waals surface area contributed by atoms with Crippen LogP contribution in [0.3, 0.4) is 0 Å². The Balaban J connectivity index is 1.86. The molecule has 0 radical (unpaired) electrons. The van der Waals surface area contributed by atoms with Crippen molar-refractivity contribution in [3.63, 3.8) is 0 Å². The highest BCUT2D eigenvalue weighted by atomic mass is 16.5. The molecule has 0 aromatic rings. The van der Waals surface area contributed by atoms with Crippen molar-refractivity contribution in [1.29, 1.82) is 5.26 Å². The van der Waals surface area contributed by atoms with Crippen LogP contribution in [-0.4, -0.2) is 19.0 Å². The minimum absolute atomic E-state index is 0.0819. The lowest BCUT2D eigenvalue weighted by molar-refractivity contribution is -0.117. The number of carbonyl (C=O) groups excluding carboxylic acids is 1. The summed E-state index contributed by atoms with van der Waals surface area (Å²) in [6.45, 7) is 4.66. The highest BCUT2D eigenvalue weighted by molar-refractivity contribution is 5.91. The molecule has 0 saturated heterocycles. The van der Waals surface area contributed by atoms with E-state index in [2.05, 4.69) is 19.9 Å². The molecule has 25 heavy (non-hydrogen) atoms. The van der Waals surface area contributed by atoms with Crippen LogP contribution in [-0.2, 0) is 9.53 Å². The molecule has 0 aromatic carbocycles. The molecule has 0 bridgehead atoms. The Morgan fingerprint density at radius 1 is 1.32 bits per heavy atom. The molecule has 3 heteroatoms. The Kier molecular flexibility index (Phi) is 5.21. The molecule has 2 saturated carbocycles. The van der Waals surface area contributed by atoms with Gasteiger partial charge in [0.05, 0.1) is 12.2 Å². The molecule has 2 fully saturated rings. The van der Waals surface area contributed by atoms with Gasteiger partial charge in [-0.2, -0.15) is 5.26 Å². The highest BCUT2D eigenvalue weighted by Crippen LogP contribution is 2.55.